The lowest BCUT2D eigenvalue weighted by Crippen LogP contribution is -2.00. The number of hydrogen-bond donors (Lipinski definition) is 0. The summed E-state index contributed by atoms with van der Waals surface area (Å²) in [6.45, 7) is 6.17. The SMILES string of the molecule is C=Cc1sc2c(-c3ccc4c(c3)nc(-c3ccc(-c5nc(-c6ccccc6)nc(-c6ccccc6)n5)cc3)c3c5ccccc5sc43)cccc2c1/C=C\C. The van der Waals surface area contributed by atoms with Gasteiger partial charge in [0.25, 0.3) is 0 Å². The Labute approximate surface area is 326 Å². The quantitative estimate of drug-likeness (QED) is 0.163. The van der Waals surface area contributed by atoms with E-state index in [0.717, 1.165) is 44.4 Å². The zero-order valence-electron chi connectivity index (χ0n) is 29.9. The van der Waals surface area contributed by atoms with Gasteiger partial charge < -0.3 is 0 Å². The van der Waals surface area contributed by atoms with Crippen molar-refractivity contribution < 1.29 is 0 Å². The lowest BCUT2D eigenvalue weighted by atomic mass is 9.98. The van der Waals surface area contributed by atoms with Crippen LogP contribution in [0.3, 0.4) is 0 Å². The van der Waals surface area contributed by atoms with Crippen LogP contribution in [0.2, 0.25) is 0 Å². The molecule has 0 saturated carbocycles. The molecular weight excluding hydrogens is 709 g/mol. The molecule has 6 heteroatoms. The number of thiophene rings is 2. The first-order valence-corrected chi connectivity index (χ1v) is 19.8. The third kappa shape index (κ3) is 5.75. The molecule has 4 heterocycles. The maximum Gasteiger partial charge on any atom is 0.164 e. The topological polar surface area (TPSA) is 51.6 Å². The summed E-state index contributed by atoms with van der Waals surface area (Å²) in [6.07, 6.45) is 6.24. The van der Waals surface area contributed by atoms with E-state index in [1.54, 1.807) is 11.3 Å². The summed E-state index contributed by atoms with van der Waals surface area (Å²) in [5.74, 6) is 1.91. The van der Waals surface area contributed by atoms with Gasteiger partial charge in [0.2, 0.25) is 0 Å². The number of fused-ring (bicyclic) bond motifs is 6. The normalized spacial score (nSPS) is 11.7. The van der Waals surface area contributed by atoms with E-state index in [0.29, 0.717) is 17.5 Å². The van der Waals surface area contributed by atoms with Gasteiger partial charge in [0, 0.05) is 62.8 Å². The minimum absolute atomic E-state index is 0.626. The fourth-order valence-corrected chi connectivity index (χ4v) is 9.84. The summed E-state index contributed by atoms with van der Waals surface area (Å²) >= 11 is 3.63. The van der Waals surface area contributed by atoms with Crippen LogP contribution in [0.15, 0.2) is 158 Å². The van der Waals surface area contributed by atoms with Crippen LogP contribution in [-0.2, 0) is 0 Å². The second-order valence-electron chi connectivity index (χ2n) is 13.4. The van der Waals surface area contributed by atoms with Gasteiger partial charge in [-0.15, -0.1) is 22.7 Å². The van der Waals surface area contributed by atoms with Crippen molar-refractivity contribution in [3.05, 3.63) is 169 Å². The molecule has 0 bridgehead atoms. The Balaban J connectivity index is 1.13. The van der Waals surface area contributed by atoms with Crippen molar-refractivity contribution in [2.75, 3.05) is 0 Å². The Morgan fingerprint density at radius 3 is 1.78 bits per heavy atom. The van der Waals surface area contributed by atoms with Crippen molar-refractivity contribution in [1.82, 2.24) is 19.9 Å². The first kappa shape index (κ1) is 33.0. The van der Waals surface area contributed by atoms with Crippen LogP contribution in [0.5, 0.6) is 0 Å². The summed E-state index contributed by atoms with van der Waals surface area (Å²) in [4.78, 5) is 21.5. The number of hydrogen-bond acceptors (Lipinski definition) is 6. The highest BCUT2D eigenvalue weighted by molar-refractivity contribution is 7.26. The summed E-state index contributed by atoms with van der Waals surface area (Å²) in [5.41, 5.74) is 9.35. The standard InChI is InChI=1S/C49H32N4S2/c1-3-14-36-37-21-13-20-35(45(37)54-41(36)4-2)34-27-28-38-40(29-34)50-44(43-39-19-11-12-22-42(39)55-46(38)43)30-23-25-33(26-24-30)49-52-47(31-15-7-5-8-16-31)51-48(53-49)32-17-9-6-10-18-32/h3-29H,2H2,1H3/b14-3-. The fraction of sp³-hybridized carbons (Fsp3) is 0.0204. The Kier molecular flexibility index (Phi) is 8.20. The lowest BCUT2D eigenvalue weighted by Gasteiger charge is -2.11. The van der Waals surface area contributed by atoms with Gasteiger partial charge in [-0.2, -0.15) is 0 Å². The number of allylic oxidation sites excluding steroid dienone is 1. The molecule has 0 fully saturated rings. The van der Waals surface area contributed by atoms with Crippen LogP contribution in [0.1, 0.15) is 17.4 Å². The molecule has 0 radical (unpaired) electrons. The molecule has 4 aromatic heterocycles. The maximum absolute atomic E-state index is 5.48. The molecule has 0 saturated heterocycles. The van der Waals surface area contributed by atoms with Gasteiger partial charge in [0.1, 0.15) is 0 Å². The van der Waals surface area contributed by atoms with E-state index in [9.17, 15) is 0 Å². The predicted molar refractivity (Wildman–Crippen MR) is 235 cm³/mol. The predicted octanol–water partition coefficient (Wildman–Crippen LogP) is 14.0. The summed E-state index contributed by atoms with van der Waals surface area (Å²) in [6, 6.07) is 50.7. The van der Waals surface area contributed by atoms with Crippen LogP contribution in [0.25, 0.3) is 110 Å². The maximum atomic E-state index is 5.48. The first-order chi connectivity index (χ1) is 27.2. The number of benzene rings is 6. The molecule has 0 amide bonds. The van der Waals surface area contributed by atoms with Gasteiger partial charge >= 0.3 is 0 Å². The molecule has 260 valence electrons. The number of nitrogens with zero attached hydrogens (tertiary/aromatic N) is 4. The Bertz CT molecular complexity index is 3050. The zero-order chi connectivity index (χ0) is 36.9. The van der Waals surface area contributed by atoms with Crippen molar-refractivity contribution in [3.8, 4) is 56.5 Å². The molecule has 10 rings (SSSR count). The molecule has 6 aromatic carbocycles. The fourth-order valence-electron chi connectivity index (χ4n) is 7.43. The molecule has 0 atom stereocenters. The van der Waals surface area contributed by atoms with E-state index in [2.05, 4.69) is 111 Å². The van der Waals surface area contributed by atoms with Crippen molar-refractivity contribution >= 4 is 76.0 Å². The monoisotopic (exact) mass is 740 g/mol. The van der Waals surface area contributed by atoms with E-state index in [1.807, 2.05) is 78.1 Å². The lowest BCUT2D eigenvalue weighted by molar-refractivity contribution is 1.07. The van der Waals surface area contributed by atoms with Crippen LogP contribution in [0, 0.1) is 0 Å². The largest absolute Gasteiger partial charge is 0.247 e. The van der Waals surface area contributed by atoms with Crippen LogP contribution < -0.4 is 0 Å². The Hall–Kier alpha value is -6.60. The third-order valence-corrected chi connectivity index (χ3v) is 12.5. The minimum atomic E-state index is 0.626. The number of rotatable bonds is 7. The van der Waals surface area contributed by atoms with Crippen LogP contribution >= 0.6 is 22.7 Å². The molecule has 4 nitrogen and oxygen atoms in total. The van der Waals surface area contributed by atoms with E-state index < -0.39 is 0 Å². The molecule has 0 N–H and O–H groups in total. The summed E-state index contributed by atoms with van der Waals surface area (Å²) < 4.78 is 3.75. The van der Waals surface area contributed by atoms with Gasteiger partial charge in [0.15, 0.2) is 17.5 Å². The number of aromatic nitrogens is 4. The average Bonchev–Trinajstić information content (AvgIpc) is 3.83. The highest BCUT2D eigenvalue weighted by Gasteiger charge is 2.19. The van der Waals surface area contributed by atoms with Crippen molar-refractivity contribution in [3.63, 3.8) is 0 Å². The highest BCUT2D eigenvalue weighted by atomic mass is 32.1. The van der Waals surface area contributed by atoms with Gasteiger partial charge in [-0.25, -0.2) is 19.9 Å². The molecule has 0 spiro atoms. The average molecular weight is 741 g/mol. The summed E-state index contributed by atoms with van der Waals surface area (Å²) in [7, 11) is 0. The van der Waals surface area contributed by atoms with Crippen molar-refractivity contribution in [2.24, 2.45) is 0 Å². The highest BCUT2D eigenvalue weighted by Crippen LogP contribution is 2.45. The molecule has 0 aliphatic carbocycles. The molecular formula is C49H32N4S2. The van der Waals surface area contributed by atoms with Crippen molar-refractivity contribution in [1.29, 1.82) is 0 Å². The van der Waals surface area contributed by atoms with Gasteiger partial charge in [-0.1, -0.05) is 158 Å². The second-order valence-corrected chi connectivity index (χ2v) is 15.5. The molecule has 0 unspecified atom stereocenters. The van der Waals surface area contributed by atoms with Crippen LogP contribution in [-0.4, -0.2) is 19.9 Å². The second kappa shape index (κ2) is 13.7. The molecule has 10 aromatic rings. The number of pyridine rings is 1. The van der Waals surface area contributed by atoms with Gasteiger partial charge in [-0.05, 0) is 35.7 Å². The van der Waals surface area contributed by atoms with Crippen LogP contribution in [0.4, 0.5) is 0 Å². The zero-order valence-corrected chi connectivity index (χ0v) is 31.5. The van der Waals surface area contributed by atoms with Gasteiger partial charge in [0.05, 0.1) is 11.2 Å². The third-order valence-electron chi connectivity index (χ3n) is 10.0. The van der Waals surface area contributed by atoms with E-state index >= 15 is 0 Å². The van der Waals surface area contributed by atoms with E-state index in [4.69, 9.17) is 19.9 Å². The Morgan fingerprint density at radius 1 is 0.509 bits per heavy atom. The van der Waals surface area contributed by atoms with Crippen molar-refractivity contribution in [2.45, 2.75) is 6.92 Å². The molecule has 55 heavy (non-hydrogen) atoms. The van der Waals surface area contributed by atoms with Gasteiger partial charge in [-0.3, -0.25) is 0 Å². The minimum Gasteiger partial charge on any atom is -0.247 e. The molecule has 0 aliphatic heterocycles. The Morgan fingerprint density at radius 2 is 1.11 bits per heavy atom. The smallest absolute Gasteiger partial charge is 0.164 e. The molecule has 0 aliphatic rings. The van der Waals surface area contributed by atoms with E-state index in [-0.39, 0.29) is 0 Å². The first-order valence-electron chi connectivity index (χ1n) is 18.2. The summed E-state index contributed by atoms with van der Waals surface area (Å²) in [5, 5.41) is 4.80. The van der Waals surface area contributed by atoms with E-state index in [1.165, 1.54) is 46.3 Å².